The summed E-state index contributed by atoms with van der Waals surface area (Å²) in [7, 11) is 0. The molecule has 0 aromatic heterocycles. The number of amides is 1. The van der Waals surface area contributed by atoms with Crippen LogP contribution >= 0.6 is 0 Å². The van der Waals surface area contributed by atoms with E-state index < -0.39 is 0 Å². The first-order valence-electron chi connectivity index (χ1n) is 7.29. The Balaban J connectivity index is 1.75. The van der Waals surface area contributed by atoms with Gasteiger partial charge in [0.05, 0.1) is 0 Å². The first-order valence-corrected chi connectivity index (χ1v) is 7.29. The molecular formula is C14H26N2O. The second kappa shape index (κ2) is 6.39. The highest BCUT2D eigenvalue weighted by molar-refractivity contribution is 5.79. The number of rotatable bonds is 2. The van der Waals surface area contributed by atoms with Gasteiger partial charge in [-0.25, -0.2) is 0 Å². The Morgan fingerprint density at radius 1 is 1.06 bits per heavy atom. The lowest BCUT2D eigenvalue weighted by molar-refractivity contribution is -0.126. The van der Waals surface area contributed by atoms with E-state index in [1.54, 1.807) is 0 Å². The van der Waals surface area contributed by atoms with E-state index in [1.165, 1.54) is 32.1 Å². The molecule has 98 valence electrons. The number of piperidine rings is 1. The summed E-state index contributed by atoms with van der Waals surface area (Å²) in [6.45, 7) is 3.16. The Morgan fingerprint density at radius 2 is 1.76 bits per heavy atom. The fourth-order valence-electron chi connectivity index (χ4n) is 2.98. The van der Waals surface area contributed by atoms with Gasteiger partial charge in [-0.3, -0.25) is 4.79 Å². The lowest BCUT2D eigenvalue weighted by Gasteiger charge is -2.29. The molecule has 0 aromatic rings. The summed E-state index contributed by atoms with van der Waals surface area (Å²) < 4.78 is 0. The van der Waals surface area contributed by atoms with E-state index >= 15 is 0 Å². The molecule has 2 aliphatic rings. The van der Waals surface area contributed by atoms with Crippen molar-refractivity contribution >= 4 is 5.91 Å². The van der Waals surface area contributed by atoms with E-state index in [0.29, 0.717) is 18.0 Å². The summed E-state index contributed by atoms with van der Waals surface area (Å²) in [6, 6.07) is 0.975. The van der Waals surface area contributed by atoms with Gasteiger partial charge in [0.2, 0.25) is 5.91 Å². The predicted octanol–water partition coefficient (Wildman–Crippen LogP) is 2.21. The van der Waals surface area contributed by atoms with Crippen LogP contribution in [0.5, 0.6) is 0 Å². The average Bonchev–Trinajstić information content (AvgIpc) is 2.61. The lowest BCUT2D eigenvalue weighted by Crippen LogP contribution is -2.50. The van der Waals surface area contributed by atoms with Crippen molar-refractivity contribution in [2.24, 2.45) is 5.92 Å². The highest BCUT2D eigenvalue weighted by Gasteiger charge is 2.24. The molecule has 2 rings (SSSR count). The highest BCUT2D eigenvalue weighted by Crippen LogP contribution is 2.23. The molecule has 3 nitrogen and oxygen atoms in total. The van der Waals surface area contributed by atoms with Crippen LogP contribution in [0.1, 0.15) is 58.3 Å². The third-order valence-electron chi connectivity index (χ3n) is 4.23. The summed E-state index contributed by atoms with van der Waals surface area (Å²) in [5.74, 6) is 0.602. The number of hydrogen-bond donors (Lipinski definition) is 2. The Bertz CT molecular complexity index is 239. The Labute approximate surface area is 105 Å². The molecule has 1 aliphatic carbocycles. The molecule has 0 aromatic carbocycles. The van der Waals surface area contributed by atoms with Crippen molar-refractivity contribution in [2.45, 2.75) is 70.4 Å². The molecule has 2 N–H and O–H groups in total. The fourth-order valence-corrected chi connectivity index (χ4v) is 2.98. The second-order valence-corrected chi connectivity index (χ2v) is 5.78. The van der Waals surface area contributed by atoms with Crippen LogP contribution < -0.4 is 10.6 Å². The molecule has 0 spiro atoms. The minimum absolute atomic E-state index is 0.289. The van der Waals surface area contributed by atoms with Crippen molar-refractivity contribution in [1.29, 1.82) is 0 Å². The van der Waals surface area contributed by atoms with Gasteiger partial charge in [0, 0.05) is 24.5 Å². The van der Waals surface area contributed by atoms with Gasteiger partial charge in [-0.1, -0.05) is 25.7 Å². The summed E-state index contributed by atoms with van der Waals surface area (Å²) in [4.78, 5) is 12.2. The maximum atomic E-state index is 12.2. The number of carbonyl (C=O) groups is 1. The monoisotopic (exact) mass is 238 g/mol. The Morgan fingerprint density at radius 3 is 2.35 bits per heavy atom. The molecule has 2 fully saturated rings. The SMILES string of the molecule is CC1CCC(NC(=O)C2CCCCCC2)CN1. The van der Waals surface area contributed by atoms with Crippen LogP contribution in [0.3, 0.4) is 0 Å². The summed E-state index contributed by atoms with van der Waals surface area (Å²) in [5.41, 5.74) is 0. The standard InChI is InChI=1S/C14H26N2O/c1-11-8-9-13(10-15-11)16-14(17)12-6-4-2-3-5-7-12/h11-13,15H,2-10H2,1H3,(H,16,17). The van der Waals surface area contributed by atoms with Gasteiger partial charge in [0.25, 0.3) is 0 Å². The molecule has 17 heavy (non-hydrogen) atoms. The molecule has 1 heterocycles. The fraction of sp³-hybridized carbons (Fsp3) is 0.929. The third-order valence-corrected chi connectivity index (χ3v) is 4.23. The smallest absolute Gasteiger partial charge is 0.223 e. The molecule has 2 atom stereocenters. The van der Waals surface area contributed by atoms with Gasteiger partial charge in [-0.05, 0) is 32.6 Å². The third kappa shape index (κ3) is 3.98. The van der Waals surface area contributed by atoms with Crippen LogP contribution in [-0.2, 0) is 4.79 Å². The minimum Gasteiger partial charge on any atom is -0.352 e. The quantitative estimate of drug-likeness (QED) is 0.724. The van der Waals surface area contributed by atoms with E-state index in [0.717, 1.165) is 25.8 Å². The normalized spacial score (nSPS) is 31.8. The van der Waals surface area contributed by atoms with E-state index in [2.05, 4.69) is 17.6 Å². The van der Waals surface area contributed by atoms with Gasteiger partial charge >= 0.3 is 0 Å². The number of nitrogens with one attached hydrogen (secondary N) is 2. The predicted molar refractivity (Wildman–Crippen MR) is 69.8 cm³/mol. The van der Waals surface area contributed by atoms with Crippen LogP contribution in [-0.4, -0.2) is 24.5 Å². The second-order valence-electron chi connectivity index (χ2n) is 5.78. The molecule has 1 saturated carbocycles. The summed E-state index contributed by atoms with van der Waals surface area (Å²) in [6.07, 6.45) is 9.60. The zero-order valence-corrected chi connectivity index (χ0v) is 11.0. The molecule has 0 radical (unpaired) electrons. The van der Waals surface area contributed by atoms with Crippen molar-refractivity contribution in [3.05, 3.63) is 0 Å². The number of carbonyl (C=O) groups excluding carboxylic acids is 1. The van der Waals surface area contributed by atoms with Gasteiger partial charge in [-0.15, -0.1) is 0 Å². The summed E-state index contributed by atoms with van der Waals surface area (Å²) in [5, 5.41) is 6.67. The maximum absolute atomic E-state index is 12.2. The average molecular weight is 238 g/mol. The molecule has 1 saturated heterocycles. The molecule has 1 amide bonds. The van der Waals surface area contributed by atoms with Gasteiger partial charge in [0.15, 0.2) is 0 Å². The summed E-state index contributed by atoms with van der Waals surface area (Å²) >= 11 is 0. The molecule has 3 heteroatoms. The van der Waals surface area contributed by atoms with E-state index in [9.17, 15) is 4.79 Å². The lowest BCUT2D eigenvalue weighted by atomic mass is 9.97. The van der Waals surface area contributed by atoms with Crippen LogP contribution in [0, 0.1) is 5.92 Å². The van der Waals surface area contributed by atoms with Crippen LogP contribution in [0.25, 0.3) is 0 Å². The van der Waals surface area contributed by atoms with Crippen LogP contribution in [0.2, 0.25) is 0 Å². The van der Waals surface area contributed by atoms with Gasteiger partial charge in [0.1, 0.15) is 0 Å². The van der Waals surface area contributed by atoms with Crippen molar-refractivity contribution in [3.63, 3.8) is 0 Å². The Kier molecular flexibility index (Phi) is 4.84. The van der Waals surface area contributed by atoms with Crippen molar-refractivity contribution in [1.82, 2.24) is 10.6 Å². The first kappa shape index (κ1) is 12.9. The topological polar surface area (TPSA) is 41.1 Å². The van der Waals surface area contributed by atoms with Crippen molar-refractivity contribution in [3.8, 4) is 0 Å². The van der Waals surface area contributed by atoms with Crippen molar-refractivity contribution < 1.29 is 4.79 Å². The molecule has 0 bridgehead atoms. The number of hydrogen-bond acceptors (Lipinski definition) is 2. The zero-order valence-electron chi connectivity index (χ0n) is 11.0. The zero-order chi connectivity index (χ0) is 12.1. The Hall–Kier alpha value is -0.570. The van der Waals surface area contributed by atoms with Crippen LogP contribution in [0.15, 0.2) is 0 Å². The molecular weight excluding hydrogens is 212 g/mol. The first-order chi connectivity index (χ1) is 8.25. The van der Waals surface area contributed by atoms with E-state index in [-0.39, 0.29) is 5.92 Å². The van der Waals surface area contributed by atoms with E-state index in [4.69, 9.17) is 0 Å². The molecule has 1 aliphatic heterocycles. The largest absolute Gasteiger partial charge is 0.352 e. The minimum atomic E-state index is 0.289. The van der Waals surface area contributed by atoms with E-state index in [1.807, 2.05) is 0 Å². The van der Waals surface area contributed by atoms with Crippen LogP contribution in [0.4, 0.5) is 0 Å². The maximum Gasteiger partial charge on any atom is 0.223 e. The van der Waals surface area contributed by atoms with Gasteiger partial charge in [-0.2, -0.15) is 0 Å². The van der Waals surface area contributed by atoms with Gasteiger partial charge < -0.3 is 10.6 Å². The highest BCUT2D eigenvalue weighted by atomic mass is 16.1. The van der Waals surface area contributed by atoms with Crippen molar-refractivity contribution in [2.75, 3.05) is 6.54 Å². The molecule has 2 unspecified atom stereocenters.